The van der Waals surface area contributed by atoms with E-state index in [1.165, 1.54) is 0 Å². The molecule has 0 aliphatic rings. The molecule has 2 aromatic carbocycles. The standard InChI is InChI=1S/C19H23F3O3S.H2S/c1-3-5-9-14-13-15-10-7-8-12-17(15)18(16(14)11-6-4-2)25-26(23,24)19(20,21)22;/h7-8,10,12-13H,3-6,9,11H2,1-2H3;1H2. The number of halogens is 3. The maximum atomic E-state index is 12.9. The van der Waals surface area contributed by atoms with Crippen molar-refractivity contribution in [2.24, 2.45) is 0 Å². The van der Waals surface area contributed by atoms with Gasteiger partial charge in [-0.2, -0.15) is 35.1 Å². The molecular formula is C19H25F3O3S2. The second-order valence-electron chi connectivity index (χ2n) is 6.25. The highest BCUT2D eigenvalue weighted by Gasteiger charge is 2.49. The summed E-state index contributed by atoms with van der Waals surface area (Å²) in [5.41, 5.74) is -4.05. The van der Waals surface area contributed by atoms with Gasteiger partial charge in [0.05, 0.1) is 0 Å². The van der Waals surface area contributed by atoms with E-state index in [-0.39, 0.29) is 19.2 Å². The zero-order valence-corrected chi connectivity index (χ0v) is 17.2. The lowest BCUT2D eigenvalue weighted by atomic mass is 9.93. The summed E-state index contributed by atoms with van der Waals surface area (Å²) in [7, 11) is -5.73. The molecule has 0 unspecified atom stereocenters. The van der Waals surface area contributed by atoms with E-state index in [1.54, 1.807) is 24.3 Å². The van der Waals surface area contributed by atoms with Crippen LogP contribution < -0.4 is 4.18 Å². The molecule has 0 heterocycles. The van der Waals surface area contributed by atoms with Crippen molar-refractivity contribution in [1.29, 1.82) is 0 Å². The summed E-state index contributed by atoms with van der Waals surface area (Å²) in [6.07, 6.45) is 4.51. The molecule has 3 nitrogen and oxygen atoms in total. The van der Waals surface area contributed by atoms with E-state index in [0.717, 1.165) is 31.2 Å². The number of benzene rings is 2. The normalized spacial score (nSPS) is 12.0. The first-order valence-electron chi connectivity index (χ1n) is 8.75. The SMILES string of the molecule is CCCCc1cc2ccccc2c(OS(=O)(=O)C(F)(F)F)c1CCCC.S. The van der Waals surface area contributed by atoms with Crippen molar-refractivity contribution in [3.63, 3.8) is 0 Å². The third kappa shape index (κ3) is 5.54. The van der Waals surface area contributed by atoms with Crippen LogP contribution in [0.25, 0.3) is 10.8 Å². The highest BCUT2D eigenvalue weighted by molar-refractivity contribution is 7.88. The molecule has 152 valence electrons. The topological polar surface area (TPSA) is 43.4 Å². The fourth-order valence-electron chi connectivity index (χ4n) is 2.88. The van der Waals surface area contributed by atoms with E-state index in [4.69, 9.17) is 0 Å². The van der Waals surface area contributed by atoms with Crippen LogP contribution in [0, 0.1) is 0 Å². The minimum atomic E-state index is -5.73. The Labute approximate surface area is 165 Å². The number of rotatable bonds is 8. The van der Waals surface area contributed by atoms with Crippen LogP contribution in [0.2, 0.25) is 0 Å². The molecule has 0 N–H and O–H groups in total. The molecule has 0 radical (unpaired) electrons. The van der Waals surface area contributed by atoms with Crippen molar-refractivity contribution >= 4 is 34.4 Å². The van der Waals surface area contributed by atoms with Crippen LogP contribution in [0.1, 0.15) is 50.7 Å². The highest BCUT2D eigenvalue weighted by Crippen LogP contribution is 2.38. The van der Waals surface area contributed by atoms with Crippen molar-refractivity contribution in [2.75, 3.05) is 0 Å². The molecule has 2 aromatic rings. The minimum Gasteiger partial charge on any atom is -0.375 e. The van der Waals surface area contributed by atoms with Gasteiger partial charge in [0.2, 0.25) is 0 Å². The average molecular weight is 423 g/mol. The molecule has 8 heteroatoms. The van der Waals surface area contributed by atoms with Crippen LogP contribution >= 0.6 is 13.5 Å². The van der Waals surface area contributed by atoms with E-state index in [0.29, 0.717) is 29.2 Å². The number of hydrogen-bond donors (Lipinski definition) is 0. The number of aryl methyl sites for hydroxylation is 1. The summed E-state index contributed by atoms with van der Waals surface area (Å²) in [6, 6.07) is 8.70. The molecule has 0 aromatic heterocycles. The summed E-state index contributed by atoms with van der Waals surface area (Å²) in [6.45, 7) is 4.00. The van der Waals surface area contributed by atoms with Crippen LogP contribution in [0.15, 0.2) is 30.3 Å². The van der Waals surface area contributed by atoms with Gasteiger partial charge >= 0.3 is 15.6 Å². The molecule has 0 saturated heterocycles. The zero-order chi connectivity index (χ0) is 19.4. The molecule has 0 aliphatic carbocycles. The summed E-state index contributed by atoms with van der Waals surface area (Å²) >= 11 is 0. The van der Waals surface area contributed by atoms with Crippen molar-refractivity contribution in [3.05, 3.63) is 41.5 Å². The third-order valence-electron chi connectivity index (χ3n) is 4.25. The monoisotopic (exact) mass is 422 g/mol. The van der Waals surface area contributed by atoms with Crippen LogP contribution in [0.3, 0.4) is 0 Å². The Kier molecular flexibility index (Phi) is 8.48. The summed E-state index contributed by atoms with van der Waals surface area (Å²) in [5.74, 6) is -0.181. The first-order valence-corrected chi connectivity index (χ1v) is 10.2. The minimum absolute atomic E-state index is 0. The third-order valence-corrected chi connectivity index (χ3v) is 5.21. The van der Waals surface area contributed by atoms with Crippen molar-refractivity contribution in [2.45, 2.75) is 57.9 Å². The molecule has 0 amide bonds. The van der Waals surface area contributed by atoms with E-state index in [9.17, 15) is 21.6 Å². The first kappa shape index (κ1) is 23.6. The van der Waals surface area contributed by atoms with Crippen molar-refractivity contribution in [1.82, 2.24) is 0 Å². The van der Waals surface area contributed by atoms with E-state index in [1.807, 2.05) is 19.9 Å². The lowest BCUT2D eigenvalue weighted by molar-refractivity contribution is -0.0499. The zero-order valence-electron chi connectivity index (χ0n) is 15.4. The molecule has 0 fully saturated rings. The largest absolute Gasteiger partial charge is 0.534 e. The average Bonchev–Trinajstić information content (AvgIpc) is 2.57. The Morgan fingerprint density at radius 3 is 2.19 bits per heavy atom. The van der Waals surface area contributed by atoms with Gasteiger partial charge in [-0.15, -0.1) is 0 Å². The van der Waals surface area contributed by atoms with E-state index >= 15 is 0 Å². The van der Waals surface area contributed by atoms with Crippen LogP contribution in [0.5, 0.6) is 5.75 Å². The predicted octanol–water partition coefficient (Wildman–Crippen LogP) is 5.87. The number of alkyl halides is 3. The van der Waals surface area contributed by atoms with Gasteiger partial charge in [0.25, 0.3) is 0 Å². The molecular weight excluding hydrogens is 397 g/mol. The maximum absolute atomic E-state index is 12.9. The lowest BCUT2D eigenvalue weighted by Gasteiger charge is -2.19. The quantitative estimate of drug-likeness (QED) is 0.395. The lowest BCUT2D eigenvalue weighted by Crippen LogP contribution is -2.28. The maximum Gasteiger partial charge on any atom is 0.534 e. The Bertz CT molecular complexity index is 862. The fourth-order valence-corrected chi connectivity index (χ4v) is 3.39. The summed E-state index contributed by atoms with van der Waals surface area (Å²) in [5, 5.41) is 1.05. The first-order chi connectivity index (χ1) is 12.2. The Balaban J connectivity index is 0.00000364. The predicted molar refractivity (Wildman–Crippen MR) is 107 cm³/mol. The van der Waals surface area contributed by atoms with E-state index < -0.39 is 15.6 Å². The smallest absolute Gasteiger partial charge is 0.375 e. The number of unbranched alkanes of at least 4 members (excludes halogenated alkanes) is 2. The fraction of sp³-hybridized carbons (Fsp3) is 0.474. The van der Waals surface area contributed by atoms with E-state index in [2.05, 4.69) is 4.18 Å². The highest BCUT2D eigenvalue weighted by atomic mass is 32.2. The van der Waals surface area contributed by atoms with Gasteiger partial charge in [-0.25, -0.2) is 0 Å². The van der Waals surface area contributed by atoms with Crippen LogP contribution in [-0.4, -0.2) is 13.9 Å². The van der Waals surface area contributed by atoms with Gasteiger partial charge in [-0.3, -0.25) is 0 Å². The molecule has 0 spiro atoms. The van der Waals surface area contributed by atoms with Gasteiger partial charge in [0.1, 0.15) is 0 Å². The Morgan fingerprint density at radius 1 is 1.00 bits per heavy atom. The van der Waals surface area contributed by atoms with Gasteiger partial charge < -0.3 is 4.18 Å². The number of fused-ring (bicyclic) bond motifs is 1. The molecule has 2 rings (SSSR count). The Hall–Kier alpha value is -1.41. The van der Waals surface area contributed by atoms with Gasteiger partial charge in [0.15, 0.2) is 5.75 Å². The number of hydrogen-bond acceptors (Lipinski definition) is 3. The Morgan fingerprint density at radius 2 is 1.59 bits per heavy atom. The van der Waals surface area contributed by atoms with Crippen molar-refractivity contribution in [3.8, 4) is 5.75 Å². The molecule has 0 saturated carbocycles. The molecule has 0 atom stereocenters. The van der Waals surface area contributed by atoms with Crippen molar-refractivity contribution < 1.29 is 25.8 Å². The summed E-state index contributed by atoms with van der Waals surface area (Å²) in [4.78, 5) is 0. The van der Waals surface area contributed by atoms with Crippen LogP contribution in [0.4, 0.5) is 13.2 Å². The molecule has 0 bridgehead atoms. The molecule has 27 heavy (non-hydrogen) atoms. The summed E-state index contributed by atoms with van der Waals surface area (Å²) < 4.78 is 66.7. The second-order valence-corrected chi connectivity index (χ2v) is 7.79. The van der Waals surface area contributed by atoms with Crippen LogP contribution in [-0.2, 0) is 23.0 Å². The van der Waals surface area contributed by atoms with Gasteiger partial charge in [0, 0.05) is 5.39 Å². The molecule has 0 aliphatic heterocycles. The van der Waals surface area contributed by atoms with Gasteiger partial charge in [-0.1, -0.05) is 57.0 Å². The second kappa shape index (κ2) is 9.68. The van der Waals surface area contributed by atoms with Gasteiger partial charge in [-0.05, 0) is 42.2 Å².